The second-order valence-corrected chi connectivity index (χ2v) is 18.7. The lowest BCUT2D eigenvalue weighted by molar-refractivity contribution is -0.135. The molecule has 4 atom stereocenters. The van der Waals surface area contributed by atoms with E-state index in [2.05, 4.69) is 28.6 Å². The maximum atomic E-state index is 14.1. The van der Waals surface area contributed by atoms with E-state index in [-0.39, 0.29) is 24.2 Å². The number of hydrogen-bond acceptors (Lipinski definition) is 13. The van der Waals surface area contributed by atoms with Gasteiger partial charge in [0.1, 0.15) is 28.7 Å². The van der Waals surface area contributed by atoms with Crippen molar-refractivity contribution in [2.24, 2.45) is 28.7 Å². The Balaban J connectivity index is 1.00. The number of hydrogen-bond donors (Lipinski definition) is 0. The number of thiophene rings is 2. The second-order valence-electron chi connectivity index (χ2n) is 15.5. The van der Waals surface area contributed by atoms with E-state index in [9.17, 15) is 14.4 Å². The molecule has 12 rings (SSSR count). The molecule has 3 aliphatic carbocycles. The Bertz CT molecular complexity index is 3210. The minimum atomic E-state index is -0.443. The van der Waals surface area contributed by atoms with Gasteiger partial charge >= 0.3 is 6.09 Å². The SMILES string of the molecule is O=C1C(=O)C2CC3CCCCC3CC2C1=Nc1cc2c(cc(-c3cc4c(s3)c3sc5ccccc5c3n4C(=O)OCc3ccccc3)c3nsnc32)c2nsnc12. The van der Waals surface area contributed by atoms with Gasteiger partial charge in [-0.15, -0.1) is 22.7 Å². The van der Waals surface area contributed by atoms with Gasteiger partial charge in [-0.3, -0.25) is 9.59 Å². The van der Waals surface area contributed by atoms with Gasteiger partial charge in [-0.2, -0.15) is 17.5 Å². The number of aliphatic imine (C=N–C) groups is 1. The van der Waals surface area contributed by atoms with Crippen molar-refractivity contribution in [3.05, 3.63) is 78.4 Å². The molecular weight excluding hydrogens is 793 g/mol. The topological polar surface area (TPSA) is 129 Å². The van der Waals surface area contributed by atoms with Crippen molar-refractivity contribution in [2.75, 3.05) is 0 Å². The Hall–Kier alpha value is -5.28. The van der Waals surface area contributed by atoms with Gasteiger partial charge < -0.3 is 4.74 Å². The number of ether oxygens (including phenoxy) is 1. The van der Waals surface area contributed by atoms with Crippen molar-refractivity contribution in [3.8, 4) is 10.4 Å². The van der Waals surface area contributed by atoms with Crippen LogP contribution < -0.4 is 0 Å². The average molecular weight is 823 g/mol. The molecule has 280 valence electrons. The van der Waals surface area contributed by atoms with Gasteiger partial charge in [-0.1, -0.05) is 74.2 Å². The Labute approximate surface area is 340 Å². The minimum Gasteiger partial charge on any atom is -0.444 e. The third-order valence-electron chi connectivity index (χ3n) is 12.5. The van der Waals surface area contributed by atoms with Crippen LogP contribution in [-0.4, -0.2) is 45.4 Å². The molecule has 0 bridgehead atoms. The molecule has 4 unspecified atom stereocenters. The summed E-state index contributed by atoms with van der Waals surface area (Å²) in [6.45, 7) is 0.160. The third-order valence-corrected chi connectivity index (χ3v) is 16.0. The Kier molecular flexibility index (Phi) is 7.63. The van der Waals surface area contributed by atoms with E-state index < -0.39 is 11.9 Å². The van der Waals surface area contributed by atoms with Crippen LogP contribution in [-0.2, 0) is 20.9 Å². The molecule has 0 spiro atoms. The van der Waals surface area contributed by atoms with E-state index in [1.807, 2.05) is 48.5 Å². The average Bonchev–Trinajstić information content (AvgIpc) is 4.10. The van der Waals surface area contributed by atoms with Gasteiger partial charge in [-0.25, -0.2) is 14.4 Å². The van der Waals surface area contributed by atoms with Crippen LogP contribution in [0.1, 0.15) is 44.1 Å². The quantitative estimate of drug-likeness (QED) is 0.160. The summed E-state index contributed by atoms with van der Waals surface area (Å²) in [4.78, 5) is 47.0. The molecule has 3 aliphatic rings. The first-order valence-corrected chi connectivity index (χ1v) is 22.3. The molecule has 57 heavy (non-hydrogen) atoms. The number of nitrogens with zero attached hydrogens (tertiary/aromatic N) is 6. The van der Waals surface area contributed by atoms with Crippen LogP contribution in [0.2, 0.25) is 0 Å². The maximum Gasteiger partial charge on any atom is 0.419 e. The lowest BCUT2D eigenvalue weighted by Gasteiger charge is -2.40. The lowest BCUT2D eigenvalue weighted by atomic mass is 9.64. The molecule has 0 radical (unpaired) electrons. The van der Waals surface area contributed by atoms with E-state index in [1.165, 1.54) is 12.8 Å². The van der Waals surface area contributed by atoms with Crippen LogP contribution in [0, 0.1) is 23.7 Å². The van der Waals surface area contributed by atoms with Crippen molar-refractivity contribution >= 4 is 139 Å². The van der Waals surface area contributed by atoms with E-state index in [4.69, 9.17) is 22.8 Å². The van der Waals surface area contributed by atoms with Crippen molar-refractivity contribution in [1.82, 2.24) is 22.1 Å². The van der Waals surface area contributed by atoms with Gasteiger partial charge in [0.05, 0.1) is 55.3 Å². The van der Waals surface area contributed by atoms with Crippen molar-refractivity contribution in [3.63, 3.8) is 0 Å². The zero-order chi connectivity index (χ0) is 37.9. The number of aromatic nitrogens is 5. The van der Waals surface area contributed by atoms with Crippen LogP contribution in [0.25, 0.3) is 73.8 Å². The monoisotopic (exact) mass is 822 g/mol. The highest BCUT2D eigenvalue weighted by molar-refractivity contribution is 7.32. The van der Waals surface area contributed by atoms with E-state index in [1.54, 1.807) is 27.2 Å². The summed E-state index contributed by atoms with van der Waals surface area (Å²) in [5.74, 6) is -0.0742. The molecule has 5 aromatic heterocycles. The summed E-state index contributed by atoms with van der Waals surface area (Å²) in [6, 6.07) is 23.9. The Morgan fingerprint density at radius 1 is 0.754 bits per heavy atom. The zero-order valence-corrected chi connectivity index (χ0v) is 33.4. The minimum absolute atomic E-state index is 0.151. The fraction of sp³-hybridized carbons (Fsp3) is 0.256. The van der Waals surface area contributed by atoms with Gasteiger partial charge in [0.15, 0.2) is 0 Å². The largest absolute Gasteiger partial charge is 0.444 e. The standard InChI is InChI=1S/C43H30N6O4S4/c50-39-27-15-22-11-5-4-10-21(22)14-24(27)36(40(39)51)44-29-17-26-25(34-37(29)48-57-46-34)16-28(35-33(26)45-56-47-35)32-18-30-41(55-32)42-38(23-12-6-7-13-31(23)54-42)49(30)43(52)53-19-20-8-2-1-3-9-20/h1-3,6-9,12-13,16-18,21-22,24,27H,4-5,10-11,14-15,19H2. The van der Waals surface area contributed by atoms with Crippen LogP contribution in [0.5, 0.6) is 0 Å². The Morgan fingerprint density at radius 3 is 2.28 bits per heavy atom. The highest BCUT2D eigenvalue weighted by atomic mass is 32.1. The molecular formula is C43H30N6O4S4. The molecule has 3 saturated carbocycles. The first-order chi connectivity index (χ1) is 28.0. The summed E-state index contributed by atoms with van der Waals surface area (Å²) in [6.07, 6.45) is 5.93. The number of fused-ring (bicyclic) bond motifs is 12. The molecule has 4 aromatic carbocycles. The van der Waals surface area contributed by atoms with Crippen LogP contribution in [0.15, 0.2) is 77.8 Å². The number of benzene rings is 4. The third kappa shape index (κ3) is 5.09. The van der Waals surface area contributed by atoms with Crippen LogP contribution in [0.4, 0.5) is 10.5 Å². The summed E-state index contributed by atoms with van der Waals surface area (Å²) >= 11 is 5.53. The smallest absolute Gasteiger partial charge is 0.419 e. The molecule has 5 heterocycles. The lowest BCUT2D eigenvalue weighted by Crippen LogP contribution is -2.35. The second kappa shape index (κ2) is 12.9. The highest BCUT2D eigenvalue weighted by Crippen LogP contribution is 2.51. The zero-order valence-electron chi connectivity index (χ0n) is 30.1. The number of rotatable bonds is 4. The molecule has 0 N–H and O–H groups in total. The van der Waals surface area contributed by atoms with Gasteiger partial charge in [-0.05, 0) is 54.5 Å². The fourth-order valence-electron chi connectivity index (χ4n) is 9.86. The van der Waals surface area contributed by atoms with Gasteiger partial charge in [0.25, 0.3) is 0 Å². The Morgan fingerprint density at radius 2 is 1.46 bits per heavy atom. The predicted molar refractivity (Wildman–Crippen MR) is 228 cm³/mol. The summed E-state index contributed by atoms with van der Waals surface area (Å²) in [7, 11) is 0. The molecule has 3 fully saturated rings. The normalized spacial score (nSPS) is 21.9. The van der Waals surface area contributed by atoms with Crippen molar-refractivity contribution in [2.45, 2.75) is 45.1 Å². The maximum absolute atomic E-state index is 14.1. The number of carbonyl (C=O) groups is 3. The fourth-order valence-corrected chi connectivity index (χ4v) is 13.5. The van der Waals surface area contributed by atoms with Gasteiger partial charge in [0, 0.05) is 43.1 Å². The molecule has 0 aliphatic heterocycles. The van der Waals surface area contributed by atoms with Crippen LogP contribution in [0.3, 0.4) is 0 Å². The first kappa shape index (κ1) is 33.8. The van der Waals surface area contributed by atoms with E-state index in [0.717, 1.165) is 112 Å². The van der Waals surface area contributed by atoms with E-state index >= 15 is 0 Å². The molecule has 0 amide bonds. The number of carbonyl (C=O) groups excluding carboxylic acids is 3. The summed E-state index contributed by atoms with van der Waals surface area (Å²) in [5.41, 5.74) is 7.03. The molecule has 9 aromatic rings. The van der Waals surface area contributed by atoms with Crippen molar-refractivity contribution in [1.29, 1.82) is 0 Å². The summed E-state index contributed by atoms with van der Waals surface area (Å²) < 4.78 is 29.8. The van der Waals surface area contributed by atoms with E-state index in [0.29, 0.717) is 39.8 Å². The highest BCUT2D eigenvalue weighted by Gasteiger charge is 2.52. The molecule has 0 saturated heterocycles. The number of Topliss-reactive ketones (excluding diaryl/α,β-unsaturated/α-hetero) is 2. The van der Waals surface area contributed by atoms with Crippen molar-refractivity contribution < 1.29 is 19.1 Å². The predicted octanol–water partition coefficient (Wildman–Crippen LogP) is 11.1. The number of ketones is 2. The molecule has 14 heteroatoms. The summed E-state index contributed by atoms with van der Waals surface area (Å²) in [5, 5.41) is 2.67. The first-order valence-electron chi connectivity index (χ1n) is 19.2. The molecule has 10 nitrogen and oxygen atoms in total. The van der Waals surface area contributed by atoms with Gasteiger partial charge in [0.2, 0.25) is 11.6 Å². The van der Waals surface area contributed by atoms with Crippen LogP contribution >= 0.6 is 46.1 Å².